The van der Waals surface area contributed by atoms with Crippen LogP contribution in [0.3, 0.4) is 0 Å². The van der Waals surface area contributed by atoms with Crippen LogP contribution in [0.5, 0.6) is 17.2 Å². The number of pyridine rings is 1. The highest BCUT2D eigenvalue weighted by molar-refractivity contribution is 5.88. The molecule has 0 fully saturated rings. The highest BCUT2D eigenvalue weighted by Crippen LogP contribution is 2.35. The molecule has 1 heterocycles. The summed E-state index contributed by atoms with van der Waals surface area (Å²) in [7, 11) is 3.13. The van der Waals surface area contributed by atoms with Crippen LogP contribution in [0.15, 0.2) is 18.2 Å². The van der Waals surface area contributed by atoms with Gasteiger partial charge in [0.05, 0.1) is 25.8 Å². The predicted molar refractivity (Wildman–Crippen MR) is 86.3 cm³/mol. The summed E-state index contributed by atoms with van der Waals surface area (Å²) >= 11 is 0. The average molecular weight is 319 g/mol. The highest BCUT2D eigenvalue weighted by atomic mass is 16.6. The van der Waals surface area contributed by atoms with Crippen molar-refractivity contribution in [2.45, 2.75) is 26.9 Å². The lowest BCUT2D eigenvalue weighted by Crippen LogP contribution is -2.18. The summed E-state index contributed by atoms with van der Waals surface area (Å²) in [4.78, 5) is 16.1. The zero-order valence-electron chi connectivity index (χ0n) is 14.0. The molecule has 124 valence electrons. The van der Waals surface area contributed by atoms with E-state index in [0.29, 0.717) is 22.8 Å². The molecule has 0 unspecified atom stereocenters. The van der Waals surface area contributed by atoms with Crippen molar-refractivity contribution in [1.29, 1.82) is 0 Å². The van der Waals surface area contributed by atoms with Crippen LogP contribution in [0.1, 0.15) is 19.5 Å². The fourth-order valence-electron chi connectivity index (χ4n) is 2.20. The van der Waals surface area contributed by atoms with Crippen LogP contribution < -0.4 is 14.2 Å². The molecule has 0 bridgehead atoms. The van der Waals surface area contributed by atoms with Gasteiger partial charge in [0.15, 0.2) is 18.1 Å². The molecule has 1 aromatic carbocycles. The van der Waals surface area contributed by atoms with Gasteiger partial charge in [0.2, 0.25) is 0 Å². The first-order chi connectivity index (χ1) is 10.9. The third kappa shape index (κ3) is 4.03. The van der Waals surface area contributed by atoms with Crippen molar-refractivity contribution in [3.8, 4) is 17.2 Å². The van der Waals surface area contributed by atoms with E-state index < -0.39 is 5.97 Å². The molecule has 0 aliphatic carbocycles. The van der Waals surface area contributed by atoms with E-state index in [-0.39, 0.29) is 12.7 Å². The van der Waals surface area contributed by atoms with E-state index in [9.17, 15) is 4.79 Å². The van der Waals surface area contributed by atoms with E-state index in [1.807, 2.05) is 6.92 Å². The van der Waals surface area contributed by atoms with Crippen molar-refractivity contribution in [3.05, 3.63) is 23.9 Å². The molecule has 6 heteroatoms. The van der Waals surface area contributed by atoms with E-state index >= 15 is 0 Å². The Kier molecular flexibility index (Phi) is 5.26. The molecule has 23 heavy (non-hydrogen) atoms. The molecular weight excluding hydrogens is 298 g/mol. The second-order valence-corrected chi connectivity index (χ2v) is 5.31. The smallest absolute Gasteiger partial charge is 0.344 e. The number of aromatic nitrogens is 1. The SMILES string of the molecule is COc1cc2nc(C)cc(OCC(=O)OC(C)C)c2cc1OC. The van der Waals surface area contributed by atoms with E-state index in [2.05, 4.69) is 4.98 Å². The minimum absolute atomic E-state index is 0.162. The van der Waals surface area contributed by atoms with Gasteiger partial charge in [-0.05, 0) is 26.8 Å². The van der Waals surface area contributed by atoms with Crippen molar-refractivity contribution in [1.82, 2.24) is 4.98 Å². The number of hydrogen-bond donors (Lipinski definition) is 0. The first-order valence-electron chi connectivity index (χ1n) is 7.30. The lowest BCUT2D eigenvalue weighted by molar-refractivity contribution is -0.149. The number of esters is 1. The maximum Gasteiger partial charge on any atom is 0.344 e. The molecule has 2 rings (SSSR count). The standard InChI is InChI=1S/C17H21NO5/c1-10(2)23-17(19)9-22-14-6-11(3)18-13-8-16(21-5)15(20-4)7-12(13)14/h6-8,10H,9H2,1-5H3. The van der Waals surface area contributed by atoms with Gasteiger partial charge in [-0.3, -0.25) is 4.98 Å². The number of benzene rings is 1. The molecule has 0 amide bonds. The predicted octanol–water partition coefficient (Wildman–Crippen LogP) is 2.89. The van der Waals surface area contributed by atoms with Gasteiger partial charge < -0.3 is 18.9 Å². The van der Waals surface area contributed by atoms with Crippen molar-refractivity contribution < 1.29 is 23.7 Å². The molecule has 0 atom stereocenters. The fourth-order valence-corrected chi connectivity index (χ4v) is 2.20. The van der Waals surface area contributed by atoms with Gasteiger partial charge >= 0.3 is 5.97 Å². The van der Waals surface area contributed by atoms with E-state index in [4.69, 9.17) is 18.9 Å². The van der Waals surface area contributed by atoms with Crippen LogP contribution in [0.2, 0.25) is 0 Å². The van der Waals surface area contributed by atoms with E-state index in [1.54, 1.807) is 46.3 Å². The number of methoxy groups -OCH3 is 2. The first-order valence-corrected chi connectivity index (χ1v) is 7.30. The van der Waals surface area contributed by atoms with Crippen LogP contribution >= 0.6 is 0 Å². The van der Waals surface area contributed by atoms with Gasteiger partial charge in [-0.25, -0.2) is 4.79 Å². The zero-order chi connectivity index (χ0) is 17.0. The summed E-state index contributed by atoms with van der Waals surface area (Å²) < 4.78 is 21.3. The van der Waals surface area contributed by atoms with Gasteiger partial charge in [-0.1, -0.05) is 0 Å². The van der Waals surface area contributed by atoms with Gasteiger partial charge in [0.1, 0.15) is 5.75 Å². The number of fused-ring (bicyclic) bond motifs is 1. The summed E-state index contributed by atoms with van der Waals surface area (Å²) in [6.07, 6.45) is -0.175. The number of ether oxygens (including phenoxy) is 4. The molecule has 0 spiro atoms. The Bertz CT molecular complexity index is 712. The number of aryl methyl sites for hydroxylation is 1. The minimum atomic E-state index is -0.414. The monoisotopic (exact) mass is 319 g/mol. The van der Waals surface area contributed by atoms with Gasteiger partial charge in [0, 0.05) is 23.2 Å². The fraction of sp³-hybridized carbons (Fsp3) is 0.412. The maximum atomic E-state index is 11.7. The number of rotatable bonds is 6. The van der Waals surface area contributed by atoms with Crippen LogP contribution in [0, 0.1) is 6.92 Å². The Balaban J connectivity index is 2.36. The second kappa shape index (κ2) is 7.17. The summed E-state index contributed by atoms with van der Waals surface area (Å²) in [6.45, 7) is 5.28. The molecule has 0 aliphatic rings. The molecule has 6 nitrogen and oxygen atoms in total. The summed E-state index contributed by atoms with van der Waals surface area (Å²) in [5.41, 5.74) is 1.48. The Labute approximate surface area is 135 Å². The Morgan fingerprint density at radius 3 is 2.35 bits per heavy atom. The van der Waals surface area contributed by atoms with Crippen molar-refractivity contribution in [3.63, 3.8) is 0 Å². The summed E-state index contributed by atoms with van der Waals surface area (Å²) in [6, 6.07) is 5.33. The van der Waals surface area contributed by atoms with Gasteiger partial charge in [0.25, 0.3) is 0 Å². The number of hydrogen-bond acceptors (Lipinski definition) is 6. The summed E-state index contributed by atoms with van der Waals surface area (Å²) in [5.74, 6) is 1.29. The van der Waals surface area contributed by atoms with E-state index in [1.165, 1.54) is 0 Å². The molecule has 0 N–H and O–H groups in total. The topological polar surface area (TPSA) is 66.9 Å². The first kappa shape index (κ1) is 16.9. The van der Waals surface area contributed by atoms with Crippen LogP contribution in [-0.2, 0) is 9.53 Å². The molecule has 1 aromatic heterocycles. The lowest BCUT2D eigenvalue weighted by Gasteiger charge is -2.14. The van der Waals surface area contributed by atoms with Crippen molar-refractivity contribution in [2.24, 2.45) is 0 Å². The quantitative estimate of drug-likeness (QED) is 0.763. The summed E-state index contributed by atoms with van der Waals surface area (Å²) in [5, 5.41) is 0.741. The molecule has 0 radical (unpaired) electrons. The minimum Gasteiger partial charge on any atom is -0.493 e. The van der Waals surface area contributed by atoms with Gasteiger partial charge in [-0.2, -0.15) is 0 Å². The third-order valence-corrected chi connectivity index (χ3v) is 3.12. The second-order valence-electron chi connectivity index (χ2n) is 5.31. The zero-order valence-corrected chi connectivity index (χ0v) is 14.0. The van der Waals surface area contributed by atoms with Crippen molar-refractivity contribution in [2.75, 3.05) is 20.8 Å². The van der Waals surface area contributed by atoms with Crippen LogP contribution in [-0.4, -0.2) is 37.9 Å². The van der Waals surface area contributed by atoms with Crippen LogP contribution in [0.4, 0.5) is 0 Å². The largest absolute Gasteiger partial charge is 0.493 e. The maximum absolute atomic E-state index is 11.7. The molecule has 0 aliphatic heterocycles. The lowest BCUT2D eigenvalue weighted by atomic mass is 10.1. The van der Waals surface area contributed by atoms with Crippen LogP contribution in [0.25, 0.3) is 10.9 Å². The van der Waals surface area contributed by atoms with Gasteiger partial charge in [-0.15, -0.1) is 0 Å². The Morgan fingerprint density at radius 2 is 1.74 bits per heavy atom. The third-order valence-electron chi connectivity index (χ3n) is 3.12. The molecule has 0 saturated heterocycles. The Morgan fingerprint density at radius 1 is 1.09 bits per heavy atom. The molecule has 2 aromatic rings. The highest BCUT2D eigenvalue weighted by Gasteiger charge is 2.13. The Hall–Kier alpha value is -2.50. The number of carbonyl (C=O) groups is 1. The average Bonchev–Trinajstić information content (AvgIpc) is 2.50. The molecular formula is C17H21NO5. The number of nitrogens with zero attached hydrogens (tertiary/aromatic N) is 1. The van der Waals surface area contributed by atoms with Crippen molar-refractivity contribution >= 4 is 16.9 Å². The van der Waals surface area contributed by atoms with E-state index in [0.717, 1.165) is 11.1 Å². The molecule has 0 saturated carbocycles. The normalized spacial score (nSPS) is 10.7. The number of carbonyl (C=O) groups excluding carboxylic acids is 1.